The van der Waals surface area contributed by atoms with Gasteiger partial charge in [-0.15, -0.1) is 0 Å². The van der Waals surface area contributed by atoms with Gasteiger partial charge in [-0.2, -0.15) is 0 Å². The first-order valence-corrected chi connectivity index (χ1v) is 9.38. The lowest BCUT2D eigenvalue weighted by atomic mass is 10.1. The summed E-state index contributed by atoms with van der Waals surface area (Å²) in [5.74, 6) is 0. The van der Waals surface area contributed by atoms with Crippen molar-refractivity contribution in [1.82, 2.24) is 4.90 Å². The van der Waals surface area contributed by atoms with Crippen molar-refractivity contribution >= 4 is 27.6 Å². The number of carbonyl (C=O) groups excluding carboxylic acids is 1. The van der Waals surface area contributed by atoms with Crippen LogP contribution in [-0.4, -0.2) is 30.1 Å². The number of nitrogens with one attached hydrogen (secondary N) is 1. The third-order valence-corrected chi connectivity index (χ3v) is 4.90. The number of anilines is 1. The van der Waals surface area contributed by atoms with Crippen molar-refractivity contribution in [1.29, 1.82) is 0 Å². The lowest BCUT2D eigenvalue weighted by Crippen LogP contribution is -2.45. The van der Waals surface area contributed by atoms with E-state index in [2.05, 4.69) is 33.4 Å². The van der Waals surface area contributed by atoms with E-state index in [4.69, 9.17) is 4.74 Å². The summed E-state index contributed by atoms with van der Waals surface area (Å²) in [6, 6.07) is 15.9. The highest BCUT2D eigenvalue weighted by Crippen LogP contribution is 2.18. The molecule has 2 amide bonds. The molecule has 1 aliphatic heterocycles. The number of aryl methyl sites for hydroxylation is 1. The zero-order valence-electron chi connectivity index (χ0n) is 14.4. The van der Waals surface area contributed by atoms with Gasteiger partial charge in [0.25, 0.3) is 0 Å². The average molecular weight is 403 g/mol. The third-order valence-electron chi connectivity index (χ3n) is 4.37. The van der Waals surface area contributed by atoms with Gasteiger partial charge in [-0.1, -0.05) is 45.8 Å². The van der Waals surface area contributed by atoms with Gasteiger partial charge < -0.3 is 15.0 Å². The largest absolute Gasteiger partial charge is 0.372 e. The summed E-state index contributed by atoms with van der Waals surface area (Å²) >= 11 is 3.44. The predicted octanol–water partition coefficient (Wildman–Crippen LogP) is 4.97. The summed E-state index contributed by atoms with van der Waals surface area (Å²) < 4.78 is 7.08. The normalized spacial score (nSPS) is 17.4. The molecule has 0 aromatic heterocycles. The van der Waals surface area contributed by atoms with Crippen molar-refractivity contribution in [3.8, 4) is 0 Å². The number of hydrogen-bond donors (Lipinski definition) is 1. The van der Waals surface area contributed by atoms with E-state index < -0.39 is 0 Å². The number of piperidine rings is 1. The lowest BCUT2D eigenvalue weighted by Gasteiger charge is -2.32. The van der Waals surface area contributed by atoms with Gasteiger partial charge in [-0.3, -0.25) is 0 Å². The fraction of sp³-hybridized carbons (Fsp3) is 0.350. The molecule has 2 aromatic carbocycles. The number of carbonyl (C=O) groups is 1. The van der Waals surface area contributed by atoms with Crippen molar-refractivity contribution in [3.05, 3.63) is 64.1 Å². The van der Waals surface area contributed by atoms with Gasteiger partial charge in [0.2, 0.25) is 0 Å². The number of benzene rings is 2. The Morgan fingerprint density at radius 2 is 1.92 bits per heavy atom. The molecule has 2 aromatic rings. The zero-order chi connectivity index (χ0) is 17.6. The van der Waals surface area contributed by atoms with Crippen molar-refractivity contribution in [2.75, 3.05) is 18.4 Å². The molecule has 1 saturated heterocycles. The first kappa shape index (κ1) is 18.0. The van der Waals surface area contributed by atoms with Gasteiger partial charge in [0.1, 0.15) is 0 Å². The maximum Gasteiger partial charge on any atom is 0.321 e. The Morgan fingerprint density at radius 3 is 2.64 bits per heavy atom. The molecule has 0 aliphatic carbocycles. The summed E-state index contributed by atoms with van der Waals surface area (Å²) in [6.07, 6.45) is 2.04. The molecule has 1 atom stereocenters. The van der Waals surface area contributed by atoms with Gasteiger partial charge in [0.15, 0.2) is 0 Å². The molecule has 1 heterocycles. The first-order chi connectivity index (χ1) is 12.1. The maximum atomic E-state index is 12.5. The summed E-state index contributed by atoms with van der Waals surface area (Å²) in [4.78, 5) is 14.3. The monoisotopic (exact) mass is 402 g/mol. The van der Waals surface area contributed by atoms with Crippen LogP contribution < -0.4 is 5.32 Å². The molecular weight excluding hydrogens is 380 g/mol. The first-order valence-electron chi connectivity index (χ1n) is 8.59. The molecule has 1 fully saturated rings. The number of nitrogens with zero attached hydrogens (tertiary/aromatic N) is 1. The van der Waals surface area contributed by atoms with Crippen molar-refractivity contribution in [2.24, 2.45) is 0 Å². The van der Waals surface area contributed by atoms with Crippen molar-refractivity contribution in [3.63, 3.8) is 0 Å². The molecule has 0 unspecified atom stereocenters. The predicted molar refractivity (Wildman–Crippen MR) is 104 cm³/mol. The van der Waals surface area contributed by atoms with Gasteiger partial charge in [-0.25, -0.2) is 4.79 Å². The molecular formula is C20H23BrN2O2. The van der Waals surface area contributed by atoms with E-state index >= 15 is 0 Å². The molecule has 3 rings (SSSR count). The standard InChI is InChI=1S/C20H23BrN2O2/c1-15-4-10-18(11-5-15)22-20(24)23-12-2-3-19(13-23)25-14-16-6-8-17(21)9-7-16/h4-11,19H,2-3,12-14H2,1H3,(H,22,24)/t19-/m1/s1. The summed E-state index contributed by atoms with van der Waals surface area (Å²) in [7, 11) is 0. The Kier molecular flexibility index (Phi) is 6.10. The molecule has 5 heteroatoms. The molecule has 132 valence electrons. The molecule has 25 heavy (non-hydrogen) atoms. The minimum absolute atomic E-state index is 0.0548. The van der Waals surface area contributed by atoms with Crippen LogP contribution in [-0.2, 0) is 11.3 Å². The highest BCUT2D eigenvalue weighted by atomic mass is 79.9. The molecule has 4 nitrogen and oxygen atoms in total. The van der Waals surface area contributed by atoms with Crippen LogP contribution in [0.3, 0.4) is 0 Å². The van der Waals surface area contributed by atoms with E-state index in [1.807, 2.05) is 48.2 Å². The topological polar surface area (TPSA) is 41.6 Å². The summed E-state index contributed by atoms with van der Waals surface area (Å²) in [5.41, 5.74) is 3.15. The van der Waals surface area contributed by atoms with Crippen LogP contribution in [0.5, 0.6) is 0 Å². The number of rotatable bonds is 4. The maximum absolute atomic E-state index is 12.5. The van der Waals surface area contributed by atoms with Crippen LogP contribution in [0.2, 0.25) is 0 Å². The van der Waals surface area contributed by atoms with Crippen LogP contribution in [0.4, 0.5) is 10.5 Å². The van der Waals surface area contributed by atoms with Crippen molar-refractivity contribution < 1.29 is 9.53 Å². The number of amides is 2. The fourth-order valence-corrected chi connectivity index (χ4v) is 3.16. The molecule has 0 radical (unpaired) electrons. The molecule has 1 aliphatic rings. The molecule has 0 spiro atoms. The van der Waals surface area contributed by atoms with E-state index in [-0.39, 0.29) is 12.1 Å². The SMILES string of the molecule is Cc1ccc(NC(=O)N2CCC[C@@H](OCc3ccc(Br)cc3)C2)cc1. The van der Waals surface area contributed by atoms with E-state index in [9.17, 15) is 4.79 Å². The fourth-order valence-electron chi connectivity index (χ4n) is 2.89. The number of likely N-dealkylation sites (tertiary alicyclic amines) is 1. The zero-order valence-corrected chi connectivity index (χ0v) is 16.0. The second-order valence-electron chi connectivity index (χ2n) is 6.44. The van der Waals surface area contributed by atoms with Gasteiger partial charge >= 0.3 is 6.03 Å². The molecule has 0 saturated carbocycles. The highest BCUT2D eigenvalue weighted by molar-refractivity contribution is 9.10. The Labute approximate surface area is 157 Å². The molecule has 0 bridgehead atoms. The number of urea groups is 1. The van der Waals surface area contributed by atoms with E-state index in [1.54, 1.807) is 0 Å². The number of halogens is 1. The lowest BCUT2D eigenvalue weighted by molar-refractivity contribution is 0.00101. The minimum Gasteiger partial charge on any atom is -0.372 e. The average Bonchev–Trinajstić information content (AvgIpc) is 2.63. The Morgan fingerprint density at radius 1 is 1.20 bits per heavy atom. The van der Waals surface area contributed by atoms with Crippen molar-refractivity contribution in [2.45, 2.75) is 32.5 Å². The van der Waals surface area contributed by atoms with Crippen LogP contribution >= 0.6 is 15.9 Å². The van der Waals surface area contributed by atoms with E-state index in [1.165, 1.54) is 5.56 Å². The highest BCUT2D eigenvalue weighted by Gasteiger charge is 2.24. The Hall–Kier alpha value is -1.85. The quantitative estimate of drug-likeness (QED) is 0.783. The third kappa shape index (κ3) is 5.31. The van der Waals surface area contributed by atoms with Gasteiger partial charge in [0.05, 0.1) is 12.7 Å². The van der Waals surface area contributed by atoms with Crippen LogP contribution in [0.25, 0.3) is 0 Å². The molecule has 1 N–H and O–H groups in total. The second-order valence-corrected chi connectivity index (χ2v) is 7.36. The van der Waals surface area contributed by atoms with Crippen LogP contribution in [0.15, 0.2) is 53.0 Å². The smallest absolute Gasteiger partial charge is 0.321 e. The Balaban J connectivity index is 1.50. The van der Waals surface area contributed by atoms with E-state index in [0.29, 0.717) is 13.2 Å². The minimum atomic E-state index is -0.0548. The van der Waals surface area contributed by atoms with Gasteiger partial charge in [0, 0.05) is 23.2 Å². The van der Waals surface area contributed by atoms with E-state index in [0.717, 1.165) is 35.1 Å². The summed E-state index contributed by atoms with van der Waals surface area (Å²) in [6.45, 7) is 4.01. The second kappa shape index (κ2) is 8.50. The summed E-state index contributed by atoms with van der Waals surface area (Å²) in [5, 5.41) is 2.97. The Bertz CT molecular complexity index is 701. The van der Waals surface area contributed by atoms with Gasteiger partial charge in [-0.05, 0) is 49.6 Å². The number of hydrogen-bond acceptors (Lipinski definition) is 2. The number of ether oxygens (including phenoxy) is 1. The van der Waals surface area contributed by atoms with Crippen LogP contribution in [0, 0.1) is 6.92 Å². The van der Waals surface area contributed by atoms with Crippen LogP contribution in [0.1, 0.15) is 24.0 Å².